The van der Waals surface area contributed by atoms with E-state index in [-0.39, 0.29) is 11.6 Å². The van der Waals surface area contributed by atoms with Gasteiger partial charge in [-0.25, -0.2) is 0 Å². The van der Waals surface area contributed by atoms with Crippen LogP contribution in [0.2, 0.25) is 0 Å². The number of benzene rings is 3. The minimum atomic E-state index is -0.486. The van der Waals surface area contributed by atoms with Gasteiger partial charge < -0.3 is 5.32 Å². The highest BCUT2D eigenvalue weighted by Gasteiger charge is 2.31. The van der Waals surface area contributed by atoms with Crippen molar-refractivity contribution in [3.63, 3.8) is 0 Å². The highest BCUT2D eigenvalue weighted by molar-refractivity contribution is 6.12. The molecule has 0 fully saturated rings. The van der Waals surface area contributed by atoms with Gasteiger partial charge in [0.2, 0.25) is 0 Å². The average molecular weight is 385 g/mol. The predicted molar refractivity (Wildman–Crippen MR) is 114 cm³/mol. The molecule has 0 bridgehead atoms. The molecule has 0 aromatic heterocycles. The molecular formula is C23H19N3O3. The number of aryl methyl sites for hydroxylation is 1. The van der Waals surface area contributed by atoms with Crippen molar-refractivity contribution in [1.29, 1.82) is 0 Å². The Kier molecular flexibility index (Phi) is 4.83. The van der Waals surface area contributed by atoms with Gasteiger partial charge in [-0.1, -0.05) is 42.0 Å². The molecule has 0 radical (unpaired) electrons. The third-order valence-corrected chi connectivity index (χ3v) is 4.86. The van der Waals surface area contributed by atoms with E-state index in [1.54, 1.807) is 41.3 Å². The Morgan fingerprint density at radius 2 is 1.69 bits per heavy atom. The number of fused-ring (bicyclic) bond motifs is 1. The van der Waals surface area contributed by atoms with Gasteiger partial charge in [0.1, 0.15) is 6.17 Å². The second-order valence-corrected chi connectivity index (χ2v) is 6.82. The molecule has 1 atom stereocenters. The van der Waals surface area contributed by atoms with Crippen LogP contribution >= 0.6 is 0 Å². The first-order valence-electron chi connectivity index (χ1n) is 9.22. The van der Waals surface area contributed by atoms with Crippen LogP contribution in [-0.2, 0) is 0 Å². The summed E-state index contributed by atoms with van der Waals surface area (Å²) in [7, 11) is 0. The van der Waals surface area contributed by atoms with Crippen molar-refractivity contribution < 1.29 is 9.72 Å². The zero-order valence-corrected chi connectivity index (χ0v) is 15.8. The second kappa shape index (κ2) is 7.59. The number of nitrogens with one attached hydrogen (secondary N) is 1. The summed E-state index contributed by atoms with van der Waals surface area (Å²) in [6.45, 7) is 1.99. The molecule has 1 N–H and O–H groups in total. The molecule has 1 aliphatic heterocycles. The zero-order valence-electron chi connectivity index (χ0n) is 15.8. The van der Waals surface area contributed by atoms with Gasteiger partial charge in [0.15, 0.2) is 0 Å². The highest BCUT2D eigenvalue weighted by atomic mass is 16.6. The van der Waals surface area contributed by atoms with Crippen molar-refractivity contribution in [2.24, 2.45) is 0 Å². The Morgan fingerprint density at radius 1 is 1.00 bits per heavy atom. The number of hydrogen-bond donors (Lipinski definition) is 1. The van der Waals surface area contributed by atoms with Crippen molar-refractivity contribution in [3.05, 3.63) is 106 Å². The van der Waals surface area contributed by atoms with E-state index in [9.17, 15) is 14.9 Å². The van der Waals surface area contributed by atoms with Crippen LogP contribution < -0.4 is 10.2 Å². The first-order valence-corrected chi connectivity index (χ1v) is 9.22. The standard InChI is InChI=1S/C23H19N3O3/c1-16-10-13-18(14-11-16)25-22(24-20-8-4-3-7-19(20)23(25)27)15-12-17-6-2-5-9-21(17)26(28)29/h2-15,22,24H,1H3. The number of anilines is 2. The first kappa shape index (κ1) is 18.4. The molecule has 0 saturated carbocycles. The summed E-state index contributed by atoms with van der Waals surface area (Å²) in [6.07, 6.45) is 2.97. The number of carbonyl (C=O) groups excluding carboxylic acids is 1. The summed E-state index contributed by atoms with van der Waals surface area (Å²) in [5.74, 6) is -0.125. The summed E-state index contributed by atoms with van der Waals surface area (Å²) in [4.78, 5) is 25.8. The van der Waals surface area contributed by atoms with Crippen molar-refractivity contribution in [2.45, 2.75) is 13.1 Å². The number of para-hydroxylation sites is 2. The van der Waals surface area contributed by atoms with Crippen LogP contribution in [0.25, 0.3) is 6.08 Å². The molecule has 3 aromatic rings. The minimum absolute atomic E-state index is 0.0215. The third kappa shape index (κ3) is 3.60. The summed E-state index contributed by atoms with van der Waals surface area (Å²) in [5.41, 5.74) is 3.67. The number of hydrogen-bond acceptors (Lipinski definition) is 4. The number of amides is 1. The molecule has 6 nitrogen and oxygen atoms in total. The van der Waals surface area contributed by atoms with Crippen LogP contribution in [0, 0.1) is 17.0 Å². The number of carbonyl (C=O) groups is 1. The third-order valence-electron chi connectivity index (χ3n) is 4.86. The van der Waals surface area contributed by atoms with Crippen LogP contribution in [0.4, 0.5) is 17.1 Å². The van der Waals surface area contributed by atoms with E-state index in [2.05, 4.69) is 5.32 Å². The summed E-state index contributed by atoms with van der Waals surface area (Å²) in [5, 5.41) is 14.7. The van der Waals surface area contributed by atoms with Crippen LogP contribution in [0.3, 0.4) is 0 Å². The Balaban J connectivity index is 1.76. The van der Waals surface area contributed by atoms with Crippen molar-refractivity contribution in [2.75, 3.05) is 10.2 Å². The van der Waals surface area contributed by atoms with Gasteiger partial charge in [-0.2, -0.15) is 0 Å². The Labute approximate surface area is 168 Å². The maximum Gasteiger partial charge on any atom is 0.276 e. The van der Waals surface area contributed by atoms with Gasteiger partial charge in [-0.3, -0.25) is 19.8 Å². The Hall–Kier alpha value is -3.93. The molecule has 144 valence electrons. The molecule has 6 heteroatoms. The molecule has 4 rings (SSSR count). The van der Waals surface area contributed by atoms with E-state index in [0.29, 0.717) is 11.1 Å². The minimum Gasteiger partial charge on any atom is -0.361 e. The van der Waals surface area contributed by atoms with Gasteiger partial charge in [0.25, 0.3) is 11.6 Å². The maximum atomic E-state index is 13.2. The lowest BCUT2D eigenvalue weighted by molar-refractivity contribution is -0.385. The van der Waals surface area contributed by atoms with Crippen LogP contribution in [0.1, 0.15) is 21.5 Å². The van der Waals surface area contributed by atoms with Gasteiger partial charge in [-0.15, -0.1) is 0 Å². The normalized spacial score (nSPS) is 15.8. The highest BCUT2D eigenvalue weighted by Crippen LogP contribution is 2.31. The molecule has 1 heterocycles. The largest absolute Gasteiger partial charge is 0.361 e. The molecular weight excluding hydrogens is 366 g/mol. The van der Waals surface area contributed by atoms with Crippen LogP contribution in [0.5, 0.6) is 0 Å². The molecule has 1 unspecified atom stereocenters. The van der Waals surface area contributed by atoms with Gasteiger partial charge in [-0.05, 0) is 49.4 Å². The average Bonchev–Trinajstić information content (AvgIpc) is 2.73. The lowest BCUT2D eigenvalue weighted by atomic mass is 10.0. The number of rotatable bonds is 4. The topological polar surface area (TPSA) is 75.5 Å². The SMILES string of the molecule is Cc1ccc(N2C(=O)c3ccccc3NC2C=Cc2ccccc2[N+](=O)[O-])cc1. The van der Waals surface area contributed by atoms with E-state index in [1.165, 1.54) is 6.07 Å². The number of nitro groups is 1. The molecule has 0 spiro atoms. The predicted octanol–water partition coefficient (Wildman–Crippen LogP) is 5.02. The van der Waals surface area contributed by atoms with Gasteiger partial charge >= 0.3 is 0 Å². The Morgan fingerprint density at radius 3 is 2.45 bits per heavy atom. The zero-order chi connectivity index (χ0) is 20.4. The lowest BCUT2D eigenvalue weighted by Crippen LogP contribution is -2.48. The molecule has 1 amide bonds. The number of nitro benzene ring substituents is 1. The van der Waals surface area contributed by atoms with E-state index < -0.39 is 11.1 Å². The van der Waals surface area contributed by atoms with Crippen molar-refractivity contribution in [1.82, 2.24) is 0 Å². The molecule has 0 saturated heterocycles. The lowest BCUT2D eigenvalue weighted by Gasteiger charge is -2.36. The van der Waals surface area contributed by atoms with E-state index >= 15 is 0 Å². The van der Waals surface area contributed by atoms with Crippen LogP contribution in [-0.4, -0.2) is 17.0 Å². The molecule has 1 aliphatic rings. The second-order valence-electron chi connectivity index (χ2n) is 6.82. The van der Waals surface area contributed by atoms with E-state index in [0.717, 1.165) is 16.9 Å². The summed E-state index contributed by atoms with van der Waals surface area (Å²) < 4.78 is 0. The molecule has 29 heavy (non-hydrogen) atoms. The van der Waals surface area contributed by atoms with Crippen LogP contribution in [0.15, 0.2) is 78.9 Å². The van der Waals surface area contributed by atoms with E-state index in [4.69, 9.17) is 0 Å². The van der Waals surface area contributed by atoms with E-state index in [1.807, 2.05) is 49.4 Å². The Bertz CT molecular complexity index is 1110. The fraction of sp³-hybridized carbons (Fsp3) is 0.0870. The fourth-order valence-corrected chi connectivity index (χ4v) is 3.38. The van der Waals surface area contributed by atoms with Gasteiger partial charge in [0.05, 0.1) is 16.1 Å². The monoisotopic (exact) mass is 385 g/mol. The number of nitrogens with zero attached hydrogens (tertiary/aromatic N) is 2. The fourth-order valence-electron chi connectivity index (χ4n) is 3.38. The van der Waals surface area contributed by atoms with Gasteiger partial charge in [0, 0.05) is 17.4 Å². The maximum absolute atomic E-state index is 13.2. The first-order chi connectivity index (χ1) is 14.0. The van der Waals surface area contributed by atoms with Crippen molar-refractivity contribution in [3.8, 4) is 0 Å². The molecule has 0 aliphatic carbocycles. The molecule has 3 aromatic carbocycles. The quantitative estimate of drug-likeness (QED) is 0.506. The summed E-state index contributed by atoms with van der Waals surface area (Å²) in [6, 6.07) is 21.6. The van der Waals surface area contributed by atoms with Crippen molar-refractivity contribution >= 4 is 29.0 Å². The smallest absolute Gasteiger partial charge is 0.276 e. The summed E-state index contributed by atoms with van der Waals surface area (Å²) >= 11 is 0.